The molecule has 154 valence electrons. The SMILES string of the molecule is CCNC(=NCc1ccc(NC(=O)NC(C)C)cc1)NCCCOCC.I. The molecule has 7 nitrogen and oxygen atoms in total. The summed E-state index contributed by atoms with van der Waals surface area (Å²) in [6.07, 6.45) is 0.942. The van der Waals surface area contributed by atoms with Gasteiger partial charge < -0.3 is 26.0 Å². The van der Waals surface area contributed by atoms with E-state index in [1.54, 1.807) is 0 Å². The molecule has 0 saturated carbocycles. The van der Waals surface area contributed by atoms with Crippen molar-refractivity contribution in [3.05, 3.63) is 29.8 Å². The van der Waals surface area contributed by atoms with Crippen LogP contribution in [-0.4, -0.2) is 44.3 Å². The fourth-order valence-electron chi connectivity index (χ4n) is 2.16. The molecule has 4 N–H and O–H groups in total. The number of aliphatic imine (C=N–C) groups is 1. The van der Waals surface area contributed by atoms with Crippen molar-refractivity contribution >= 4 is 41.7 Å². The second kappa shape index (κ2) is 15.5. The molecule has 0 spiro atoms. The van der Waals surface area contributed by atoms with Crippen molar-refractivity contribution in [2.24, 2.45) is 4.99 Å². The van der Waals surface area contributed by atoms with Crippen molar-refractivity contribution in [3.63, 3.8) is 0 Å². The summed E-state index contributed by atoms with van der Waals surface area (Å²) in [5, 5.41) is 12.1. The number of hydrogen-bond acceptors (Lipinski definition) is 3. The van der Waals surface area contributed by atoms with Gasteiger partial charge in [-0.25, -0.2) is 9.79 Å². The summed E-state index contributed by atoms with van der Waals surface area (Å²) < 4.78 is 5.33. The van der Waals surface area contributed by atoms with E-state index in [0.29, 0.717) is 6.54 Å². The van der Waals surface area contributed by atoms with Gasteiger partial charge in [-0.15, -0.1) is 24.0 Å². The van der Waals surface area contributed by atoms with Gasteiger partial charge in [-0.1, -0.05) is 12.1 Å². The van der Waals surface area contributed by atoms with Gasteiger partial charge in [0.25, 0.3) is 0 Å². The van der Waals surface area contributed by atoms with E-state index in [1.165, 1.54) is 0 Å². The molecule has 0 unspecified atom stereocenters. The van der Waals surface area contributed by atoms with E-state index in [0.717, 1.165) is 49.9 Å². The minimum absolute atomic E-state index is 0. The van der Waals surface area contributed by atoms with Crippen LogP contribution in [0.4, 0.5) is 10.5 Å². The normalized spacial score (nSPS) is 10.9. The van der Waals surface area contributed by atoms with E-state index in [-0.39, 0.29) is 36.0 Å². The van der Waals surface area contributed by atoms with Gasteiger partial charge in [-0.05, 0) is 51.8 Å². The minimum Gasteiger partial charge on any atom is -0.382 e. The fraction of sp³-hybridized carbons (Fsp3) is 0.579. The summed E-state index contributed by atoms with van der Waals surface area (Å²) in [4.78, 5) is 16.3. The molecule has 1 aromatic rings. The number of carbonyl (C=O) groups excluding carboxylic acids is 1. The van der Waals surface area contributed by atoms with Gasteiger partial charge in [0.1, 0.15) is 0 Å². The Morgan fingerprint density at radius 3 is 2.44 bits per heavy atom. The molecule has 0 saturated heterocycles. The molecule has 1 aromatic carbocycles. The summed E-state index contributed by atoms with van der Waals surface area (Å²) >= 11 is 0. The van der Waals surface area contributed by atoms with Crippen molar-refractivity contribution in [1.82, 2.24) is 16.0 Å². The van der Waals surface area contributed by atoms with Crippen molar-refractivity contribution in [1.29, 1.82) is 0 Å². The Morgan fingerprint density at radius 1 is 1.15 bits per heavy atom. The highest BCUT2D eigenvalue weighted by Gasteiger charge is 2.03. The quantitative estimate of drug-likeness (QED) is 0.175. The van der Waals surface area contributed by atoms with Crippen LogP contribution in [-0.2, 0) is 11.3 Å². The molecule has 0 fully saturated rings. The van der Waals surface area contributed by atoms with E-state index < -0.39 is 0 Å². The molecule has 0 radical (unpaired) electrons. The number of carbonyl (C=O) groups is 1. The highest BCUT2D eigenvalue weighted by Crippen LogP contribution is 2.10. The van der Waals surface area contributed by atoms with E-state index in [9.17, 15) is 4.79 Å². The lowest BCUT2D eigenvalue weighted by Crippen LogP contribution is -2.38. The summed E-state index contributed by atoms with van der Waals surface area (Å²) in [7, 11) is 0. The van der Waals surface area contributed by atoms with E-state index in [1.807, 2.05) is 52.0 Å². The summed E-state index contributed by atoms with van der Waals surface area (Å²) in [5.41, 5.74) is 1.84. The lowest BCUT2D eigenvalue weighted by molar-refractivity contribution is 0.145. The van der Waals surface area contributed by atoms with Crippen LogP contribution in [0.3, 0.4) is 0 Å². The van der Waals surface area contributed by atoms with E-state index >= 15 is 0 Å². The number of guanidine groups is 1. The van der Waals surface area contributed by atoms with Crippen molar-refractivity contribution in [3.8, 4) is 0 Å². The molecular weight excluding hydrogens is 457 g/mol. The second-order valence-corrected chi connectivity index (χ2v) is 6.12. The number of hydrogen-bond donors (Lipinski definition) is 4. The van der Waals surface area contributed by atoms with Crippen molar-refractivity contribution < 1.29 is 9.53 Å². The molecule has 8 heteroatoms. The first-order valence-corrected chi connectivity index (χ1v) is 9.31. The lowest BCUT2D eigenvalue weighted by atomic mass is 10.2. The number of nitrogens with zero attached hydrogens (tertiary/aromatic N) is 1. The second-order valence-electron chi connectivity index (χ2n) is 6.12. The number of nitrogens with one attached hydrogen (secondary N) is 4. The number of ether oxygens (including phenoxy) is 1. The Bertz CT molecular complexity index is 550. The topological polar surface area (TPSA) is 86.8 Å². The van der Waals surface area contributed by atoms with Gasteiger partial charge in [0, 0.05) is 38.0 Å². The standard InChI is InChI=1S/C19H33N5O2.HI/c1-5-20-18(21-12-7-13-26-6-2)22-14-16-8-10-17(11-9-16)24-19(25)23-15(3)4;/h8-11,15H,5-7,12-14H2,1-4H3,(H2,20,21,22)(H2,23,24,25);1H. The van der Waals surface area contributed by atoms with Crippen LogP contribution in [0.2, 0.25) is 0 Å². The van der Waals surface area contributed by atoms with Crippen LogP contribution in [0.25, 0.3) is 0 Å². The Balaban J connectivity index is 0.00000676. The van der Waals surface area contributed by atoms with Gasteiger partial charge >= 0.3 is 6.03 Å². The average Bonchev–Trinajstić information content (AvgIpc) is 2.60. The number of rotatable bonds is 10. The predicted octanol–water partition coefficient (Wildman–Crippen LogP) is 3.32. The molecule has 0 aliphatic rings. The van der Waals surface area contributed by atoms with Crippen LogP contribution in [0.15, 0.2) is 29.3 Å². The van der Waals surface area contributed by atoms with Gasteiger partial charge in [-0.3, -0.25) is 0 Å². The number of amides is 2. The number of anilines is 1. The van der Waals surface area contributed by atoms with Crippen LogP contribution >= 0.6 is 24.0 Å². The number of halogens is 1. The molecule has 0 bridgehead atoms. The monoisotopic (exact) mass is 491 g/mol. The molecule has 27 heavy (non-hydrogen) atoms. The Morgan fingerprint density at radius 2 is 1.85 bits per heavy atom. The third-order valence-corrected chi connectivity index (χ3v) is 3.36. The van der Waals surface area contributed by atoms with Crippen LogP contribution in [0, 0.1) is 0 Å². The van der Waals surface area contributed by atoms with Crippen LogP contribution in [0.1, 0.15) is 39.7 Å². The zero-order valence-electron chi connectivity index (χ0n) is 16.8. The maximum Gasteiger partial charge on any atom is 0.319 e. The Labute approximate surface area is 180 Å². The van der Waals surface area contributed by atoms with Crippen molar-refractivity contribution in [2.75, 3.05) is 31.6 Å². The molecule has 0 aromatic heterocycles. The first-order chi connectivity index (χ1) is 12.5. The molecular formula is C19H34IN5O2. The highest BCUT2D eigenvalue weighted by atomic mass is 127. The Kier molecular flexibility index (Phi) is 14.6. The van der Waals surface area contributed by atoms with Gasteiger partial charge in [-0.2, -0.15) is 0 Å². The predicted molar refractivity (Wildman–Crippen MR) is 123 cm³/mol. The smallest absolute Gasteiger partial charge is 0.319 e. The highest BCUT2D eigenvalue weighted by molar-refractivity contribution is 14.0. The first-order valence-electron chi connectivity index (χ1n) is 9.31. The third-order valence-electron chi connectivity index (χ3n) is 3.36. The maximum atomic E-state index is 11.7. The Hall–Kier alpha value is -1.55. The van der Waals surface area contributed by atoms with Crippen LogP contribution < -0.4 is 21.3 Å². The van der Waals surface area contributed by atoms with Gasteiger partial charge in [0.2, 0.25) is 0 Å². The third kappa shape index (κ3) is 12.5. The largest absolute Gasteiger partial charge is 0.382 e. The molecule has 1 rings (SSSR count). The lowest BCUT2D eigenvalue weighted by Gasteiger charge is -2.12. The van der Waals surface area contributed by atoms with Crippen molar-refractivity contribution in [2.45, 2.75) is 46.7 Å². The summed E-state index contributed by atoms with van der Waals surface area (Å²) in [6, 6.07) is 7.60. The first kappa shape index (κ1) is 25.4. The van der Waals surface area contributed by atoms with Gasteiger partial charge in [0.15, 0.2) is 5.96 Å². The summed E-state index contributed by atoms with van der Waals surface area (Å²) in [5.74, 6) is 0.794. The molecule has 0 atom stereocenters. The number of urea groups is 1. The fourth-order valence-corrected chi connectivity index (χ4v) is 2.16. The molecule has 0 aliphatic carbocycles. The zero-order valence-corrected chi connectivity index (χ0v) is 19.1. The van der Waals surface area contributed by atoms with Crippen LogP contribution in [0.5, 0.6) is 0 Å². The molecule has 0 heterocycles. The van der Waals surface area contributed by atoms with E-state index in [4.69, 9.17) is 4.74 Å². The summed E-state index contributed by atoms with van der Waals surface area (Å²) in [6.45, 7) is 11.6. The van der Waals surface area contributed by atoms with Gasteiger partial charge in [0.05, 0.1) is 6.54 Å². The maximum absolute atomic E-state index is 11.7. The number of benzene rings is 1. The molecule has 0 aliphatic heterocycles. The minimum atomic E-state index is -0.198. The average molecular weight is 491 g/mol. The molecule has 2 amide bonds. The zero-order chi connectivity index (χ0) is 19.2. The van der Waals surface area contributed by atoms with E-state index in [2.05, 4.69) is 26.3 Å².